The van der Waals surface area contributed by atoms with Crippen LogP contribution in [0.4, 0.5) is 8.78 Å². The van der Waals surface area contributed by atoms with E-state index in [4.69, 9.17) is 0 Å². The van der Waals surface area contributed by atoms with Gasteiger partial charge in [-0.1, -0.05) is 31.2 Å². The maximum atomic E-state index is 14.7. The van der Waals surface area contributed by atoms with Crippen LogP contribution < -0.4 is 0 Å². The van der Waals surface area contributed by atoms with Crippen LogP contribution in [0.1, 0.15) is 57.6 Å². The monoisotopic (exact) mass is 378 g/mol. The SMILES string of the molecule is CCc1ccc(C(F)(F)CN2CCC(C3CCN(C(C)C)CC3)CC2)cc1. The highest BCUT2D eigenvalue weighted by Gasteiger charge is 2.36. The van der Waals surface area contributed by atoms with Gasteiger partial charge in [0.2, 0.25) is 0 Å². The topological polar surface area (TPSA) is 6.48 Å². The summed E-state index contributed by atoms with van der Waals surface area (Å²) in [6.07, 6.45) is 5.61. The lowest BCUT2D eigenvalue weighted by Crippen LogP contribution is -2.44. The molecule has 4 heteroatoms. The molecular weight excluding hydrogens is 342 g/mol. The van der Waals surface area contributed by atoms with E-state index in [0.717, 1.165) is 49.8 Å². The summed E-state index contributed by atoms with van der Waals surface area (Å²) in [6, 6.07) is 7.52. The van der Waals surface area contributed by atoms with Crippen LogP contribution in [0.15, 0.2) is 24.3 Å². The molecule has 0 spiro atoms. The number of alkyl halides is 2. The van der Waals surface area contributed by atoms with Crippen molar-refractivity contribution in [2.24, 2.45) is 11.8 Å². The van der Waals surface area contributed by atoms with Crippen molar-refractivity contribution in [2.75, 3.05) is 32.7 Å². The zero-order chi connectivity index (χ0) is 19.4. The average Bonchev–Trinajstić information content (AvgIpc) is 2.68. The zero-order valence-electron chi connectivity index (χ0n) is 17.3. The first-order chi connectivity index (χ1) is 12.9. The van der Waals surface area contributed by atoms with Crippen LogP contribution in [0.5, 0.6) is 0 Å². The second kappa shape index (κ2) is 9.00. The quantitative estimate of drug-likeness (QED) is 0.673. The minimum absolute atomic E-state index is 0.142. The molecule has 0 saturated carbocycles. The number of hydrogen-bond donors (Lipinski definition) is 0. The van der Waals surface area contributed by atoms with Crippen LogP contribution in [0, 0.1) is 11.8 Å². The minimum atomic E-state index is -2.76. The van der Waals surface area contributed by atoms with Gasteiger partial charge in [-0.05, 0) is 89.5 Å². The molecule has 1 aromatic carbocycles. The molecule has 3 rings (SSSR count). The summed E-state index contributed by atoms with van der Waals surface area (Å²) in [5.74, 6) is -1.24. The van der Waals surface area contributed by atoms with Crippen LogP contribution in [0.2, 0.25) is 0 Å². The second-order valence-electron chi connectivity index (χ2n) is 8.84. The van der Waals surface area contributed by atoms with Gasteiger partial charge < -0.3 is 4.90 Å². The molecule has 0 aromatic heterocycles. The highest BCUT2D eigenvalue weighted by Crippen LogP contribution is 2.35. The molecule has 152 valence electrons. The highest BCUT2D eigenvalue weighted by atomic mass is 19.3. The number of halogens is 2. The van der Waals surface area contributed by atoms with Crippen molar-refractivity contribution in [1.82, 2.24) is 9.80 Å². The van der Waals surface area contributed by atoms with E-state index >= 15 is 0 Å². The lowest BCUT2D eigenvalue weighted by Gasteiger charge is -2.41. The van der Waals surface area contributed by atoms with Gasteiger partial charge in [-0.3, -0.25) is 4.90 Å². The molecule has 2 aliphatic heterocycles. The summed E-state index contributed by atoms with van der Waals surface area (Å²) in [5.41, 5.74) is 1.27. The fourth-order valence-electron chi connectivity index (χ4n) is 4.85. The third-order valence-electron chi connectivity index (χ3n) is 6.81. The fourth-order valence-corrected chi connectivity index (χ4v) is 4.85. The van der Waals surface area contributed by atoms with Crippen LogP contribution in [0.3, 0.4) is 0 Å². The van der Waals surface area contributed by atoms with E-state index in [9.17, 15) is 8.78 Å². The third kappa shape index (κ3) is 5.29. The van der Waals surface area contributed by atoms with E-state index in [1.54, 1.807) is 12.1 Å². The van der Waals surface area contributed by atoms with Crippen molar-refractivity contribution in [2.45, 2.75) is 64.8 Å². The first-order valence-electron chi connectivity index (χ1n) is 10.8. The Hall–Kier alpha value is -1.00. The zero-order valence-corrected chi connectivity index (χ0v) is 17.3. The van der Waals surface area contributed by atoms with Gasteiger partial charge in [0.15, 0.2) is 0 Å². The molecule has 0 atom stereocenters. The molecule has 0 radical (unpaired) electrons. The molecule has 2 nitrogen and oxygen atoms in total. The number of aryl methyl sites for hydroxylation is 1. The fraction of sp³-hybridized carbons (Fsp3) is 0.739. The predicted molar refractivity (Wildman–Crippen MR) is 108 cm³/mol. The first-order valence-corrected chi connectivity index (χ1v) is 10.8. The summed E-state index contributed by atoms with van der Waals surface area (Å²) in [4.78, 5) is 4.55. The predicted octanol–water partition coefficient (Wildman–Crippen LogP) is 5.17. The Bertz CT molecular complexity index is 569. The Morgan fingerprint density at radius 1 is 0.926 bits per heavy atom. The molecule has 27 heavy (non-hydrogen) atoms. The van der Waals surface area contributed by atoms with E-state index < -0.39 is 5.92 Å². The molecule has 0 unspecified atom stereocenters. The van der Waals surface area contributed by atoms with Crippen molar-refractivity contribution in [3.05, 3.63) is 35.4 Å². The smallest absolute Gasteiger partial charge is 0.285 e. The summed E-state index contributed by atoms with van der Waals surface area (Å²) in [7, 11) is 0. The number of likely N-dealkylation sites (tertiary alicyclic amines) is 2. The summed E-state index contributed by atoms with van der Waals surface area (Å²) in [6.45, 7) is 10.5. The van der Waals surface area contributed by atoms with Gasteiger partial charge in [0.25, 0.3) is 5.92 Å². The van der Waals surface area contributed by atoms with Crippen LogP contribution in [0.25, 0.3) is 0 Å². The van der Waals surface area contributed by atoms with Gasteiger partial charge >= 0.3 is 0 Å². The molecular formula is C23H36F2N2. The largest absolute Gasteiger partial charge is 0.301 e. The van der Waals surface area contributed by atoms with Crippen molar-refractivity contribution >= 4 is 0 Å². The van der Waals surface area contributed by atoms with E-state index in [2.05, 4.69) is 18.7 Å². The molecule has 0 aliphatic carbocycles. The van der Waals surface area contributed by atoms with Crippen molar-refractivity contribution in [3.63, 3.8) is 0 Å². The summed E-state index contributed by atoms with van der Waals surface area (Å²) < 4.78 is 29.4. The molecule has 0 bridgehead atoms. The Morgan fingerprint density at radius 3 is 1.93 bits per heavy atom. The van der Waals surface area contributed by atoms with E-state index in [1.165, 1.54) is 25.9 Å². The number of piperidine rings is 2. The number of benzene rings is 1. The molecule has 2 aliphatic rings. The average molecular weight is 379 g/mol. The molecule has 1 aromatic rings. The van der Waals surface area contributed by atoms with Gasteiger partial charge in [0.1, 0.15) is 0 Å². The van der Waals surface area contributed by atoms with Crippen molar-refractivity contribution < 1.29 is 8.78 Å². The van der Waals surface area contributed by atoms with Gasteiger partial charge in [-0.25, -0.2) is 0 Å². The van der Waals surface area contributed by atoms with E-state index in [-0.39, 0.29) is 12.1 Å². The van der Waals surface area contributed by atoms with Crippen LogP contribution in [-0.4, -0.2) is 48.6 Å². The standard InChI is InChI=1S/C23H36F2N2/c1-4-19-5-7-22(8-6-19)23(24,25)17-26-13-9-20(10-14-26)21-11-15-27(16-12-21)18(2)3/h5-8,18,20-21H,4,9-17H2,1-3H3. The van der Waals surface area contributed by atoms with Crippen LogP contribution in [-0.2, 0) is 12.3 Å². The lowest BCUT2D eigenvalue weighted by atomic mass is 9.78. The van der Waals surface area contributed by atoms with Crippen LogP contribution >= 0.6 is 0 Å². The highest BCUT2D eigenvalue weighted by molar-refractivity contribution is 5.26. The van der Waals surface area contributed by atoms with Crippen molar-refractivity contribution in [1.29, 1.82) is 0 Å². The minimum Gasteiger partial charge on any atom is -0.301 e. The van der Waals surface area contributed by atoms with Gasteiger partial charge in [-0.15, -0.1) is 0 Å². The van der Waals surface area contributed by atoms with E-state index in [0.29, 0.717) is 6.04 Å². The number of nitrogens with zero attached hydrogens (tertiary/aromatic N) is 2. The third-order valence-corrected chi connectivity index (χ3v) is 6.81. The molecule has 2 fully saturated rings. The van der Waals surface area contributed by atoms with Gasteiger partial charge in [0.05, 0.1) is 6.54 Å². The van der Waals surface area contributed by atoms with Gasteiger partial charge in [0, 0.05) is 11.6 Å². The maximum Gasteiger partial charge on any atom is 0.285 e. The normalized spacial score (nSPS) is 21.9. The Morgan fingerprint density at radius 2 is 1.44 bits per heavy atom. The molecule has 0 N–H and O–H groups in total. The van der Waals surface area contributed by atoms with Gasteiger partial charge in [-0.2, -0.15) is 8.78 Å². The number of hydrogen-bond acceptors (Lipinski definition) is 2. The second-order valence-corrected chi connectivity index (χ2v) is 8.84. The number of rotatable bonds is 6. The molecule has 2 heterocycles. The first kappa shape index (κ1) is 20.7. The Balaban J connectivity index is 1.47. The summed E-state index contributed by atoms with van der Waals surface area (Å²) in [5, 5.41) is 0. The lowest BCUT2D eigenvalue weighted by molar-refractivity contribution is -0.0476. The Kier molecular flexibility index (Phi) is 6.91. The maximum absolute atomic E-state index is 14.7. The van der Waals surface area contributed by atoms with E-state index in [1.807, 2.05) is 24.0 Å². The summed E-state index contributed by atoms with van der Waals surface area (Å²) >= 11 is 0. The Labute approximate surface area is 163 Å². The molecule has 2 saturated heterocycles. The van der Waals surface area contributed by atoms with Crippen molar-refractivity contribution in [3.8, 4) is 0 Å². The molecule has 0 amide bonds.